The maximum Gasteiger partial charge on any atom is 0.271 e. The minimum Gasteiger partial charge on any atom is -0.488 e. The van der Waals surface area contributed by atoms with Crippen molar-refractivity contribution in [1.82, 2.24) is 15.3 Å². The van der Waals surface area contributed by atoms with Crippen molar-refractivity contribution in [3.63, 3.8) is 0 Å². The Hall–Kier alpha value is -2.67. The van der Waals surface area contributed by atoms with Crippen LogP contribution in [-0.4, -0.2) is 28.5 Å². The number of nitrogens with one attached hydrogen (secondary N) is 2. The molecule has 0 bridgehead atoms. The second-order valence-electron chi connectivity index (χ2n) is 4.70. The zero-order valence-corrected chi connectivity index (χ0v) is 11.2. The molecule has 1 unspecified atom stereocenters. The van der Waals surface area contributed by atoms with Gasteiger partial charge < -0.3 is 15.5 Å². The Labute approximate surface area is 121 Å². The van der Waals surface area contributed by atoms with Gasteiger partial charge in [-0.1, -0.05) is 18.2 Å². The summed E-state index contributed by atoms with van der Waals surface area (Å²) in [7, 11) is 0. The molecular formula is C14H15N5O2. The lowest BCUT2D eigenvalue weighted by Gasteiger charge is -2.11. The van der Waals surface area contributed by atoms with Crippen molar-refractivity contribution in [3.8, 4) is 5.75 Å². The van der Waals surface area contributed by atoms with E-state index in [1.165, 1.54) is 12.4 Å². The standard InChI is InChI=1S/C14H15N5O2/c15-19-13-8-16-7-11(18-13)14(20)17-6-10-5-9-3-1-2-4-12(9)21-10/h1-4,7-8,10H,5-6,15H2,(H,17,20)(H,18,19). The fraction of sp³-hybridized carbons (Fsp3) is 0.214. The molecule has 1 amide bonds. The SMILES string of the molecule is NNc1cncc(C(=O)NCC2Cc3ccccc3O2)n1. The van der Waals surface area contributed by atoms with E-state index < -0.39 is 0 Å². The van der Waals surface area contributed by atoms with Crippen molar-refractivity contribution in [2.45, 2.75) is 12.5 Å². The van der Waals surface area contributed by atoms with Crippen LogP contribution in [0.2, 0.25) is 0 Å². The normalized spacial score (nSPS) is 16.0. The molecule has 0 radical (unpaired) electrons. The fourth-order valence-electron chi connectivity index (χ4n) is 2.21. The Morgan fingerprint density at radius 1 is 1.38 bits per heavy atom. The highest BCUT2D eigenvalue weighted by Gasteiger charge is 2.23. The van der Waals surface area contributed by atoms with Gasteiger partial charge in [0.1, 0.15) is 17.5 Å². The number of fused-ring (bicyclic) bond motifs is 1. The van der Waals surface area contributed by atoms with Gasteiger partial charge in [-0.25, -0.2) is 10.8 Å². The summed E-state index contributed by atoms with van der Waals surface area (Å²) < 4.78 is 5.75. The van der Waals surface area contributed by atoms with E-state index in [1.807, 2.05) is 24.3 Å². The van der Waals surface area contributed by atoms with Crippen LogP contribution in [0.3, 0.4) is 0 Å². The van der Waals surface area contributed by atoms with E-state index in [2.05, 4.69) is 20.7 Å². The van der Waals surface area contributed by atoms with E-state index in [0.29, 0.717) is 12.4 Å². The molecule has 0 saturated carbocycles. The molecule has 1 aliphatic heterocycles. The fourth-order valence-corrected chi connectivity index (χ4v) is 2.21. The van der Waals surface area contributed by atoms with Crippen LogP contribution in [0.1, 0.15) is 16.1 Å². The maximum absolute atomic E-state index is 12.0. The molecule has 1 aromatic heterocycles. The predicted octanol–water partition coefficient (Wildman–Crippen LogP) is 0.496. The molecule has 1 aromatic carbocycles. The Kier molecular flexibility index (Phi) is 3.65. The van der Waals surface area contributed by atoms with Crippen LogP contribution < -0.4 is 21.3 Å². The van der Waals surface area contributed by atoms with Crippen molar-refractivity contribution >= 4 is 11.7 Å². The molecule has 1 aliphatic rings. The van der Waals surface area contributed by atoms with Gasteiger partial charge in [0.15, 0.2) is 5.82 Å². The second kappa shape index (κ2) is 5.76. The lowest BCUT2D eigenvalue weighted by atomic mass is 10.1. The number of nitrogens with two attached hydrogens (primary N) is 1. The lowest BCUT2D eigenvalue weighted by Crippen LogP contribution is -2.35. The summed E-state index contributed by atoms with van der Waals surface area (Å²) in [5.41, 5.74) is 3.72. The van der Waals surface area contributed by atoms with Gasteiger partial charge in [0, 0.05) is 6.42 Å². The number of para-hydroxylation sites is 1. The van der Waals surface area contributed by atoms with E-state index in [4.69, 9.17) is 10.6 Å². The number of hydrazine groups is 1. The van der Waals surface area contributed by atoms with Crippen LogP contribution in [0.15, 0.2) is 36.7 Å². The third kappa shape index (κ3) is 2.92. The smallest absolute Gasteiger partial charge is 0.271 e. The highest BCUT2D eigenvalue weighted by atomic mass is 16.5. The monoisotopic (exact) mass is 285 g/mol. The summed E-state index contributed by atoms with van der Waals surface area (Å²) in [6.07, 6.45) is 3.55. The number of ether oxygens (including phenoxy) is 1. The minimum absolute atomic E-state index is 0.0601. The average Bonchev–Trinajstić information content (AvgIpc) is 2.95. The summed E-state index contributed by atoms with van der Waals surface area (Å²) in [4.78, 5) is 19.9. The van der Waals surface area contributed by atoms with Gasteiger partial charge in [0.05, 0.1) is 18.9 Å². The predicted molar refractivity (Wildman–Crippen MR) is 76.7 cm³/mol. The summed E-state index contributed by atoms with van der Waals surface area (Å²) >= 11 is 0. The van der Waals surface area contributed by atoms with Gasteiger partial charge in [-0.15, -0.1) is 0 Å². The van der Waals surface area contributed by atoms with Crippen LogP contribution in [0.5, 0.6) is 5.75 Å². The minimum atomic E-state index is -0.306. The molecule has 7 nitrogen and oxygen atoms in total. The molecule has 1 atom stereocenters. The Balaban J connectivity index is 1.57. The number of benzene rings is 1. The van der Waals surface area contributed by atoms with Crippen molar-refractivity contribution in [2.75, 3.05) is 12.0 Å². The summed E-state index contributed by atoms with van der Waals surface area (Å²) in [5, 5.41) is 2.79. The zero-order chi connectivity index (χ0) is 14.7. The maximum atomic E-state index is 12.0. The quantitative estimate of drug-likeness (QED) is 0.558. The van der Waals surface area contributed by atoms with Gasteiger partial charge in [0.2, 0.25) is 0 Å². The number of hydrogen-bond donors (Lipinski definition) is 3. The molecule has 0 spiro atoms. The third-order valence-electron chi connectivity index (χ3n) is 3.22. The van der Waals surface area contributed by atoms with Crippen LogP contribution in [0.4, 0.5) is 5.82 Å². The van der Waals surface area contributed by atoms with Crippen molar-refractivity contribution in [1.29, 1.82) is 0 Å². The Morgan fingerprint density at radius 3 is 3.05 bits per heavy atom. The number of amides is 1. The van der Waals surface area contributed by atoms with Gasteiger partial charge in [0.25, 0.3) is 5.91 Å². The van der Waals surface area contributed by atoms with E-state index in [1.54, 1.807) is 0 Å². The van der Waals surface area contributed by atoms with Crippen LogP contribution in [0, 0.1) is 0 Å². The van der Waals surface area contributed by atoms with E-state index in [0.717, 1.165) is 17.7 Å². The van der Waals surface area contributed by atoms with E-state index >= 15 is 0 Å². The average molecular weight is 285 g/mol. The first-order valence-corrected chi connectivity index (χ1v) is 6.57. The largest absolute Gasteiger partial charge is 0.488 e. The molecule has 3 rings (SSSR count). The number of nitrogens with zero attached hydrogens (tertiary/aromatic N) is 2. The lowest BCUT2D eigenvalue weighted by molar-refractivity contribution is 0.0928. The molecule has 0 fully saturated rings. The Morgan fingerprint density at radius 2 is 2.24 bits per heavy atom. The first-order valence-electron chi connectivity index (χ1n) is 6.57. The highest BCUT2D eigenvalue weighted by molar-refractivity contribution is 5.92. The molecule has 4 N–H and O–H groups in total. The van der Waals surface area contributed by atoms with Gasteiger partial charge in [-0.3, -0.25) is 9.78 Å². The highest BCUT2D eigenvalue weighted by Crippen LogP contribution is 2.27. The molecule has 2 heterocycles. The number of aromatic nitrogens is 2. The molecule has 0 aliphatic carbocycles. The first-order chi connectivity index (χ1) is 10.3. The summed E-state index contributed by atoms with van der Waals surface area (Å²) in [5.74, 6) is 6.15. The summed E-state index contributed by atoms with van der Waals surface area (Å²) in [6, 6.07) is 7.86. The third-order valence-corrected chi connectivity index (χ3v) is 3.22. The van der Waals surface area contributed by atoms with Gasteiger partial charge >= 0.3 is 0 Å². The Bertz CT molecular complexity index is 636. The molecule has 0 saturated heterocycles. The molecular weight excluding hydrogens is 270 g/mol. The van der Waals surface area contributed by atoms with Crippen LogP contribution in [0.25, 0.3) is 0 Å². The zero-order valence-electron chi connectivity index (χ0n) is 11.2. The molecule has 21 heavy (non-hydrogen) atoms. The van der Waals surface area contributed by atoms with Crippen LogP contribution in [-0.2, 0) is 6.42 Å². The second-order valence-corrected chi connectivity index (χ2v) is 4.70. The van der Waals surface area contributed by atoms with Gasteiger partial charge in [-0.05, 0) is 11.6 Å². The van der Waals surface area contributed by atoms with E-state index in [9.17, 15) is 4.79 Å². The summed E-state index contributed by atoms with van der Waals surface area (Å²) in [6.45, 7) is 0.412. The number of carbonyl (C=O) groups excluding carboxylic acids is 1. The molecule has 108 valence electrons. The number of anilines is 1. The van der Waals surface area contributed by atoms with Crippen LogP contribution >= 0.6 is 0 Å². The van der Waals surface area contributed by atoms with Gasteiger partial charge in [-0.2, -0.15) is 0 Å². The number of nitrogen functional groups attached to an aromatic ring is 1. The molecule has 7 heteroatoms. The first kappa shape index (κ1) is 13.3. The number of carbonyl (C=O) groups is 1. The van der Waals surface area contributed by atoms with Crippen molar-refractivity contribution in [2.24, 2.45) is 5.84 Å². The number of hydrogen-bond acceptors (Lipinski definition) is 6. The molecule has 2 aromatic rings. The topological polar surface area (TPSA) is 102 Å². The van der Waals surface area contributed by atoms with Crippen molar-refractivity contribution < 1.29 is 9.53 Å². The van der Waals surface area contributed by atoms with Crippen molar-refractivity contribution in [3.05, 3.63) is 47.9 Å². The number of rotatable bonds is 4. The van der Waals surface area contributed by atoms with E-state index in [-0.39, 0.29) is 17.7 Å².